The fourth-order valence-corrected chi connectivity index (χ4v) is 5.45. The number of piperidine rings is 1. The maximum Gasteiger partial charge on any atom is 0.230 e. The summed E-state index contributed by atoms with van der Waals surface area (Å²) in [5, 5.41) is 6.31. The molecule has 0 N–H and O–H groups in total. The molecule has 2 aromatic rings. The Bertz CT molecular complexity index is 625. The van der Waals surface area contributed by atoms with Crippen molar-refractivity contribution >= 4 is 23.1 Å². The van der Waals surface area contributed by atoms with E-state index in [1.54, 1.807) is 11.3 Å². The fraction of sp³-hybridized carbons (Fsp3) is 0.625. The van der Waals surface area contributed by atoms with Gasteiger partial charge in [-0.15, -0.1) is 11.3 Å². The van der Waals surface area contributed by atoms with Crippen molar-refractivity contribution in [3.8, 4) is 10.7 Å². The minimum atomic E-state index is 0.438. The van der Waals surface area contributed by atoms with Gasteiger partial charge in [0.25, 0.3) is 0 Å². The van der Waals surface area contributed by atoms with Gasteiger partial charge in [-0.1, -0.05) is 5.16 Å². The normalized spacial score (nSPS) is 24.1. The van der Waals surface area contributed by atoms with Gasteiger partial charge in [-0.2, -0.15) is 16.7 Å². The number of nitrogens with zero attached hydrogens (tertiary/aromatic N) is 3. The van der Waals surface area contributed by atoms with Crippen LogP contribution in [0.3, 0.4) is 0 Å². The zero-order valence-corrected chi connectivity index (χ0v) is 14.5. The predicted molar refractivity (Wildman–Crippen MR) is 91.6 cm³/mol. The molecule has 4 rings (SSSR count). The van der Waals surface area contributed by atoms with Gasteiger partial charge in [0.1, 0.15) is 0 Å². The van der Waals surface area contributed by atoms with Gasteiger partial charge < -0.3 is 4.52 Å². The summed E-state index contributed by atoms with van der Waals surface area (Å²) < 4.78 is 5.55. The third-order valence-electron chi connectivity index (χ3n) is 4.69. The monoisotopic (exact) mass is 335 g/mol. The van der Waals surface area contributed by atoms with Crippen LogP contribution >= 0.6 is 23.1 Å². The van der Waals surface area contributed by atoms with Crippen molar-refractivity contribution in [3.63, 3.8) is 0 Å². The van der Waals surface area contributed by atoms with Crippen molar-refractivity contribution < 1.29 is 4.52 Å². The summed E-state index contributed by atoms with van der Waals surface area (Å²) in [5.41, 5.74) is 1.26. The second-order valence-electron chi connectivity index (χ2n) is 6.27. The largest absolute Gasteiger partial charge is 0.339 e. The van der Waals surface area contributed by atoms with Gasteiger partial charge in [-0.3, -0.25) is 4.90 Å². The summed E-state index contributed by atoms with van der Waals surface area (Å²) in [6.07, 6.45) is 3.65. The second-order valence-corrected chi connectivity index (χ2v) is 8.33. The smallest absolute Gasteiger partial charge is 0.230 e. The first-order valence-electron chi connectivity index (χ1n) is 8.00. The van der Waals surface area contributed by atoms with Crippen LogP contribution in [0.25, 0.3) is 10.7 Å². The van der Waals surface area contributed by atoms with Crippen LogP contribution in [0.5, 0.6) is 0 Å². The first-order valence-corrected chi connectivity index (χ1v) is 10.0. The van der Waals surface area contributed by atoms with Crippen molar-refractivity contribution in [1.29, 1.82) is 0 Å². The van der Waals surface area contributed by atoms with Crippen LogP contribution in [0.2, 0.25) is 0 Å². The van der Waals surface area contributed by atoms with Gasteiger partial charge >= 0.3 is 0 Å². The molecule has 2 aromatic heterocycles. The average molecular weight is 335 g/mol. The molecule has 0 spiro atoms. The highest BCUT2D eigenvalue weighted by Crippen LogP contribution is 2.32. The van der Waals surface area contributed by atoms with E-state index in [9.17, 15) is 0 Å². The van der Waals surface area contributed by atoms with E-state index in [-0.39, 0.29) is 0 Å². The number of rotatable bonds is 3. The van der Waals surface area contributed by atoms with Crippen molar-refractivity contribution in [3.05, 3.63) is 22.9 Å². The van der Waals surface area contributed by atoms with E-state index in [0.29, 0.717) is 5.92 Å². The molecule has 0 amide bonds. The second kappa shape index (κ2) is 6.34. The number of thioether (sulfide) groups is 1. The van der Waals surface area contributed by atoms with E-state index in [1.165, 1.54) is 36.6 Å². The molecule has 6 heteroatoms. The van der Waals surface area contributed by atoms with Crippen LogP contribution in [-0.4, -0.2) is 45.7 Å². The summed E-state index contributed by atoms with van der Waals surface area (Å²) >= 11 is 3.78. The molecular weight excluding hydrogens is 314 g/mol. The van der Waals surface area contributed by atoms with Crippen LogP contribution in [0.1, 0.15) is 36.6 Å². The lowest BCUT2D eigenvalue weighted by Crippen LogP contribution is -2.41. The predicted octanol–water partition coefficient (Wildman–Crippen LogP) is 3.79. The molecule has 2 aliphatic rings. The van der Waals surface area contributed by atoms with Crippen molar-refractivity contribution in [2.45, 2.75) is 38.1 Å². The van der Waals surface area contributed by atoms with Crippen molar-refractivity contribution in [1.82, 2.24) is 15.0 Å². The van der Waals surface area contributed by atoms with E-state index < -0.39 is 0 Å². The molecule has 4 nitrogen and oxygen atoms in total. The molecule has 118 valence electrons. The topological polar surface area (TPSA) is 42.2 Å². The lowest BCUT2D eigenvalue weighted by Gasteiger charge is -2.34. The molecule has 1 atom stereocenters. The lowest BCUT2D eigenvalue weighted by molar-refractivity contribution is 0.154. The first-order chi connectivity index (χ1) is 10.8. The van der Waals surface area contributed by atoms with Gasteiger partial charge in [0.05, 0.1) is 4.88 Å². The molecule has 22 heavy (non-hydrogen) atoms. The zero-order chi connectivity index (χ0) is 14.9. The number of thiophene rings is 1. The average Bonchev–Trinajstić information content (AvgIpc) is 3.28. The number of aromatic nitrogens is 2. The highest BCUT2D eigenvalue weighted by Gasteiger charge is 2.30. The quantitative estimate of drug-likeness (QED) is 0.853. The molecule has 2 saturated heterocycles. The Labute approximate surface area is 139 Å². The van der Waals surface area contributed by atoms with Gasteiger partial charge in [0.15, 0.2) is 0 Å². The Kier molecular flexibility index (Phi) is 4.24. The number of hydrogen-bond acceptors (Lipinski definition) is 6. The molecule has 2 fully saturated rings. The maximum absolute atomic E-state index is 5.55. The van der Waals surface area contributed by atoms with Crippen LogP contribution in [0, 0.1) is 6.92 Å². The van der Waals surface area contributed by atoms with Gasteiger partial charge in [0, 0.05) is 17.7 Å². The Morgan fingerprint density at radius 2 is 2.14 bits per heavy atom. The molecule has 1 unspecified atom stereocenters. The van der Waals surface area contributed by atoms with Crippen LogP contribution in [0.4, 0.5) is 0 Å². The maximum atomic E-state index is 5.55. The van der Waals surface area contributed by atoms with Crippen molar-refractivity contribution in [2.24, 2.45) is 0 Å². The highest BCUT2D eigenvalue weighted by atomic mass is 32.2. The molecule has 0 saturated carbocycles. The molecule has 0 radical (unpaired) electrons. The summed E-state index contributed by atoms with van der Waals surface area (Å²) in [6.45, 7) is 4.44. The number of aryl methyl sites for hydroxylation is 1. The Balaban J connectivity index is 1.40. The number of hydrogen-bond donors (Lipinski definition) is 0. The zero-order valence-electron chi connectivity index (χ0n) is 12.8. The molecular formula is C16H21N3OS2. The summed E-state index contributed by atoms with van der Waals surface area (Å²) in [6, 6.07) is 2.93. The minimum Gasteiger partial charge on any atom is -0.339 e. The van der Waals surface area contributed by atoms with Gasteiger partial charge in [-0.05, 0) is 62.0 Å². The molecule has 0 aromatic carbocycles. The third kappa shape index (κ3) is 2.96. The van der Waals surface area contributed by atoms with Crippen molar-refractivity contribution in [2.75, 3.05) is 24.6 Å². The molecule has 0 bridgehead atoms. The van der Waals surface area contributed by atoms with E-state index in [2.05, 4.69) is 45.2 Å². The fourth-order valence-electron chi connectivity index (χ4n) is 3.37. The third-order valence-corrected chi connectivity index (χ3v) is 6.88. The van der Waals surface area contributed by atoms with Gasteiger partial charge in [-0.25, -0.2) is 0 Å². The van der Waals surface area contributed by atoms with E-state index in [0.717, 1.165) is 35.5 Å². The number of likely N-dealkylation sites (tertiary alicyclic amines) is 1. The van der Waals surface area contributed by atoms with Crippen LogP contribution < -0.4 is 0 Å². The highest BCUT2D eigenvalue weighted by molar-refractivity contribution is 7.99. The lowest BCUT2D eigenvalue weighted by atomic mass is 9.95. The molecule has 4 heterocycles. The van der Waals surface area contributed by atoms with E-state index >= 15 is 0 Å². The Morgan fingerprint density at radius 3 is 2.82 bits per heavy atom. The van der Waals surface area contributed by atoms with E-state index in [4.69, 9.17) is 4.52 Å². The van der Waals surface area contributed by atoms with Crippen LogP contribution in [0.15, 0.2) is 16.0 Å². The standard InChI is InChI=1S/C16H21N3OS2/c1-11-8-14(22-9-11)15-17-16(20-18-15)12-2-5-19(6-3-12)13-4-7-21-10-13/h8-9,12-13H,2-7,10H2,1H3. The first kappa shape index (κ1) is 14.7. The summed E-state index contributed by atoms with van der Waals surface area (Å²) in [4.78, 5) is 8.42. The molecule has 2 aliphatic heterocycles. The Hall–Kier alpha value is -0.850. The van der Waals surface area contributed by atoms with Gasteiger partial charge in [0.2, 0.25) is 11.7 Å². The SMILES string of the molecule is Cc1csc(-c2noc(C3CCN(C4CCSC4)CC3)n2)c1. The summed E-state index contributed by atoms with van der Waals surface area (Å²) in [5.74, 6) is 4.67. The Morgan fingerprint density at radius 1 is 1.27 bits per heavy atom. The minimum absolute atomic E-state index is 0.438. The van der Waals surface area contributed by atoms with E-state index in [1.807, 2.05) is 0 Å². The molecule has 0 aliphatic carbocycles. The van der Waals surface area contributed by atoms with Crippen LogP contribution in [-0.2, 0) is 0 Å². The summed E-state index contributed by atoms with van der Waals surface area (Å²) in [7, 11) is 0.